The van der Waals surface area contributed by atoms with Crippen LogP contribution in [0, 0.1) is 0 Å². The molecule has 0 saturated carbocycles. The largest absolute Gasteiger partial charge is 0.450 e. The number of piperidine rings is 1. The third-order valence-corrected chi connectivity index (χ3v) is 8.95. The van der Waals surface area contributed by atoms with Gasteiger partial charge in [0.05, 0.1) is 11.6 Å². The van der Waals surface area contributed by atoms with Crippen molar-refractivity contribution in [1.82, 2.24) is 24.4 Å². The number of benzene rings is 1. The molecule has 2 N–H and O–H groups in total. The third kappa shape index (κ3) is 6.01. The van der Waals surface area contributed by atoms with Crippen LogP contribution in [0.4, 0.5) is 5.82 Å². The zero-order valence-electron chi connectivity index (χ0n) is 21.9. The number of thioether (sulfide) groups is 1. The average Bonchev–Trinajstić information content (AvgIpc) is 3.51. The number of fused-ring (bicyclic) bond motifs is 2. The molecule has 5 rings (SSSR count). The second-order valence-corrected chi connectivity index (χ2v) is 12.4. The summed E-state index contributed by atoms with van der Waals surface area (Å²) in [5, 5.41) is 0.739. The fourth-order valence-corrected chi connectivity index (χ4v) is 6.74. The van der Waals surface area contributed by atoms with Gasteiger partial charge in [-0.25, -0.2) is 15.0 Å². The highest BCUT2D eigenvalue weighted by Gasteiger charge is 2.34. The molecule has 10 heteroatoms. The molecule has 3 atom stereocenters. The summed E-state index contributed by atoms with van der Waals surface area (Å²) in [5.41, 5.74) is 6.92. The number of anilines is 1. The van der Waals surface area contributed by atoms with E-state index in [1.54, 1.807) is 11.8 Å². The van der Waals surface area contributed by atoms with E-state index in [9.17, 15) is 0 Å². The van der Waals surface area contributed by atoms with Crippen molar-refractivity contribution >= 4 is 33.5 Å². The smallest absolute Gasteiger partial charge is 0.253 e. The topological polar surface area (TPSA) is 91.3 Å². The van der Waals surface area contributed by atoms with Gasteiger partial charge in [-0.05, 0) is 64.3 Å². The Morgan fingerprint density at radius 3 is 2.84 bits per heavy atom. The molecule has 200 valence electrons. The van der Waals surface area contributed by atoms with Gasteiger partial charge < -0.3 is 19.8 Å². The van der Waals surface area contributed by atoms with E-state index >= 15 is 0 Å². The number of likely N-dealkylation sites (tertiary alicyclic amines) is 1. The molecule has 4 aliphatic rings. The van der Waals surface area contributed by atoms with Crippen molar-refractivity contribution in [2.75, 3.05) is 12.3 Å². The van der Waals surface area contributed by atoms with E-state index in [4.69, 9.17) is 25.2 Å². The van der Waals surface area contributed by atoms with Gasteiger partial charge in [0.25, 0.3) is 6.29 Å². The minimum Gasteiger partial charge on any atom is -0.450 e. The summed E-state index contributed by atoms with van der Waals surface area (Å²) >= 11 is 5.12. The summed E-state index contributed by atoms with van der Waals surface area (Å²) in [4.78, 5) is 16.8. The van der Waals surface area contributed by atoms with Crippen molar-refractivity contribution in [3.05, 3.63) is 29.0 Å². The van der Waals surface area contributed by atoms with Crippen LogP contribution in [0.5, 0.6) is 11.5 Å². The Hall–Kier alpha value is -2.04. The van der Waals surface area contributed by atoms with Gasteiger partial charge in [0.2, 0.25) is 0 Å². The number of halogens is 1. The number of nitrogen functional groups attached to an aromatic ring is 1. The van der Waals surface area contributed by atoms with Crippen LogP contribution in [0.1, 0.15) is 65.7 Å². The Morgan fingerprint density at radius 1 is 1.19 bits per heavy atom. The van der Waals surface area contributed by atoms with Crippen molar-refractivity contribution in [1.29, 1.82) is 0 Å². The maximum atomic E-state index is 6.25. The van der Waals surface area contributed by atoms with E-state index in [2.05, 4.69) is 51.2 Å². The third-order valence-electron chi connectivity index (χ3n) is 7.31. The first-order valence-corrected chi connectivity index (χ1v) is 15.1. The Balaban J connectivity index is 1.33. The number of imidazole rings is 1. The molecule has 8 nitrogen and oxygen atoms in total. The van der Waals surface area contributed by atoms with E-state index in [0.29, 0.717) is 28.8 Å². The lowest BCUT2D eigenvalue weighted by molar-refractivity contribution is 0.0452. The highest BCUT2D eigenvalue weighted by Crippen LogP contribution is 2.42. The molecular formula is C27H37BrN6O2S. The van der Waals surface area contributed by atoms with Gasteiger partial charge in [-0.15, -0.1) is 0 Å². The first kappa shape index (κ1) is 26.6. The number of ether oxygens (including phenoxy) is 2. The van der Waals surface area contributed by atoms with E-state index in [1.807, 2.05) is 24.5 Å². The second kappa shape index (κ2) is 11.8. The van der Waals surface area contributed by atoms with Gasteiger partial charge in [-0.2, -0.15) is 0 Å². The van der Waals surface area contributed by atoms with E-state index in [0.717, 1.165) is 54.0 Å². The minimum atomic E-state index is -0.390. The molecule has 3 unspecified atom stereocenters. The second-order valence-electron chi connectivity index (χ2n) is 10.3. The number of aromatic nitrogens is 4. The predicted octanol–water partition coefficient (Wildman–Crippen LogP) is 6.22. The van der Waals surface area contributed by atoms with Gasteiger partial charge in [0.15, 0.2) is 34.0 Å². The molecule has 37 heavy (non-hydrogen) atoms. The van der Waals surface area contributed by atoms with Crippen LogP contribution in [0.25, 0.3) is 11.5 Å². The number of aryl methyl sites for hydroxylation is 1. The Labute approximate surface area is 232 Å². The summed E-state index contributed by atoms with van der Waals surface area (Å²) in [5.74, 6) is 2.76. The standard InChI is InChI=1S/C27H37BrN6O2S/c1-4-5-9-22(26-35-20-11-10-18(28)15-21(20)36-26)37-27-31-23-24(29)30-16-33(25(23)32-27)14-12-19-8-6-7-13-34(19)17(2)3/h10-11,15-17,19,22,26H,4-9,12-14,29H2,1-3H3. The van der Waals surface area contributed by atoms with Gasteiger partial charge in [0.1, 0.15) is 0 Å². The Morgan fingerprint density at radius 2 is 2.03 bits per heavy atom. The highest BCUT2D eigenvalue weighted by molar-refractivity contribution is 9.10. The van der Waals surface area contributed by atoms with Crippen LogP contribution < -0.4 is 15.2 Å². The molecule has 4 aliphatic heterocycles. The molecule has 0 aromatic heterocycles. The molecule has 0 bridgehead atoms. The molecule has 0 spiro atoms. The Kier molecular flexibility index (Phi) is 8.46. The van der Waals surface area contributed by atoms with Gasteiger partial charge in [-0.1, -0.05) is 53.9 Å². The summed E-state index contributed by atoms with van der Waals surface area (Å²) in [6.07, 6.45) is 9.43. The number of hydrogen-bond donors (Lipinski definition) is 1. The molecule has 1 saturated heterocycles. The number of hydrogen-bond acceptors (Lipinski definition) is 8. The zero-order chi connectivity index (χ0) is 25.9. The normalized spacial score (nSPS) is 20.7. The summed E-state index contributed by atoms with van der Waals surface area (Å²) in [7, 11) is 0. The van der Waals surface area contributed by atoms with Gasteiger partial charge >= 0.3 is 0 Å². The lowest BCUT2D eigenvalue weighted by Gasteiger charge is -2.38. The molecule has 1 fully saturated rings. The zero-order valence-corrected chi connectivity index (χ0v) is 24.3. The van der Waals surface area contributed by atoms with Crippen molar-refractivity contribution in [3.8, 4) is 23.0 Å². The van der Waals surface area contributed by atoms with Crippen LogP contribution in [-0.4, -0.2) is 54.6 Å². The van der Waals surface area contributed by atoms with E-state index in [-0.39, 0.29) is 5.25 Å². The molecule has 1 aromatic rings. The van der Waals surface area contributed by atoms with Gasteiger partial charge in [0, 0.05) is 23.1 Å². The SMILES string of the molecule is CCCCC(Sc1nc2c(N)ncn(CCC3CCCCN3C(C)C)c-2n1)C1Oc2ccc(Br)cc2O1. The number of nitrogens with zero attached hydrogens (tertiary/aromatic N) is 5. The maximum Gasteiger partial charge on any atom is 0.253 e. The molecule has 0 aliphatic carbocycles. The number of unbranched alkanes of at least 4 members (excludes halogenated alkanes) is 1. The van der Waals surface area contributed by atoms with Crippen LogP contribution in [0.3, 0.4) is 0 Å². The van der Waals surface area contributed by atoms with E-state index < -0.39 is 6.29 Å². The first-order valence-electron chi connectivity index (χ1n) is 13.5. The summed E-state index contributed by atoms with van der Waals surface area (Å²) in [6, 6.07) is 7.01. The van der Waals surface area contributed by atoms with Crippen LogP contribution in [-0.2, 0) is 6.54 Å². The fourth-order valence-electron chi connectivity index (χ4n) is 5.34. The number of rotatable bonds is 10. The van der Waals surface area contributed by atoms with E-state index in [1.165, 1.54) is 25.8 Å². The fraction of sp³-hybridized carbons (Fsp3) is 0.593. The lowest BCUT2D eigenvalue weighted by Crippen LogP contribution is -2.44. The highest BCUT2D eigenvalue weighted by atomic mass is 79.9. The summed E-state index contributed by atoms with van der Waals surface area (Å²) < 4.78 is 15.5. The van der Waals surface area contributed by atoms with Crippen LogP contribution >= 0.6 is 27.7 Å². The van der Waals surface area contributed by atoms with Crippen molar-refractivity contribution in [2.45, 2.75) is 101 Å². The van der Waals surface area contributed by atoms with Crippen LogP contribution in [0.15, 0.2) is 34.2 Å². The first-order chi connectivity index (χ1) is 17.9. The maximum absolute atomic E-state index is 6.25. The van der Waals surface area contributed by atoms with Crippen molar-refractivity contribution in [3.63, 3.8) is 0 Å². The molecule has 4 heterocycles. The van der Waals surface area contributed by atoms with Gasteiger partial charge in [-0.3, -0.25) is 4.90 Å². The number of nitrogens with two attached hydrogens (primary N) is 1. The average molecular weight is 590 g/mol. The monoisotopic (exact) mass is 588 g/mol. The molecular weight excluding hydrogens is 552 g/mol. The minimum absolute atomic E-state index is 0.0485. The molecule has 0 amide bonds. The lowest BCUT2D eigenvalue weighted by atomic mass is 9.97. The summed E-state index contributed by atoms with van der Waals surface area (Å²) in [6.45, 7) is 8.82. The Bertz CT molecular complexity index is 1170. The van der Waals surface area contributed by atoms with Crippen LogP contribution in [0.2, 0.25) is 0 Å². The van der Waals surface area contributed by atoms with Crippen molar-refractivity contribution in [2.24, 2.45) is 0 Å². The quantitative estimate of drug-likeness (QED) is 0.279. The predicted molar refractivity (Wildman–Crippen MR) is 151 cm³/mol. The molecule has 1 aromatic carbocycles. The molecule has 0 radical (unpaired) electrons. The van der Waals surface area contributed by atoms with Crippen molar-refractivity contribution < 1.29 is 9.47 Å².